The largest absolute Gasteiger partial charge is 0.351 e. The van der Waals surface area contributed by atoms with Gasteiger partial charge < -0.3 is 10.6 Å². The number of benzene rings is 2. The van der Waals surface area contributed by atoms with Gasteiger partial charge in [-0.25, -0.2) is 4.79 Å². The number of anilines is 4. The molecule has 0 radical (unpaired) electrons. The summed E-state index contributed by atoms with van der Waals surface area (Å²) in [5, 5.41) is 5.87. The molecule has 0 amide bonds. The lowest BCUT2D eigenvalue weighted by Crippen LogP contribution is -2.16. The lowest BCUT2D eigenvalue weighted by atomic mass is 10.1. The fourth-order valence-corrected chi connectivity index (χ4v) is 3.31. The second-order valence-electron chi connectivity index (χ2n) is 6.33. The third kappa shape index (κ3) is 4.53. The molecule has 0 aliphatic rings. The maximum atomic E-state index is 11.9. The average molecular weight is 401 g/mol. The van der Waals surface area contributed by atoms with Crippen LogP contribution >= 0.6 is 0 Å². The Labute approximate surface area is 161 Å². The SMILES string of the molecule is Cc1ccc(Nc2nc(Nc3ccc(S(=O)(=O)O)c(C)c3)[nH]c(=O)n2)cc1C. The zero-order chi connectivity index (χ0) is 20.5. The second-order valence-corrected chi connectivity index (χ2v) is 7.72. The van der Waals surface area contributed by atoms with Crippen molar-refractivity contribution in [3.05, 3.63) is 63.6 Å². The molecule has 0 aliphatic heterocycles. The van der Waals surface area contributed by atoms with E-state index in [2.05, 4.69) is 25.6 Å². The van der Waals surface area contributed by atoms with Crippen LogP contribution in [0.2, 0.25) is 0 Å². The summed E-state index contributed by atoms with van der Waals surface area (Å²) in [5.41, 5.74) is 3.20. The quantitative estimate of drug-likeness (QED) is 0.479. The molecule has 0 bridgehead atoms. The molecule has 146 valence electrons. The van der Waals surface area contributed by atoms with E-state index in [0.717, 1.165) is 16.8 Å². The molecule has 10 heteroatoms. The number of hydrogen-bond donors (Lipinski definition) is 4. The van der Waals surface area contributed by atoms with E-state index in [-0.39, 0.29) is 16.8 Å². The van der Waals surface area contributed by atoms with Crippen molar-refractivity contribution in [1.82, 2.24) is 15.0 Å². The standard InChI is InChI=1S/C18H19N5O4S/c1-10-4-5-13(8-11(10)2)19-16-21-17(23-18(24)22-16)20-14-6-7-15(12(3)9-14)28(25,26)27/h4-9H,1-3H3,(H,25,26,27)(H3,19,20,21,22,23,24). The molecule has 28 heavy (non-hydrogen) atoms. The lowest BCUT2D eigenvalue weighted by molar-refractivity contribution is 0.482. The highest BCUT2D eigenvalue weighted by Crippen LogP contribution is 2.22. The Morgan fingerprint density at radius 2 is 1.54 bits per heavy atom. The fraction of sp³-hybridized carbons (Fsp3) is 0.167. The van der Waals surface area contributed by atoms with E-state index in [0.29, 0.717) is 11.3 Å². The van der Waals surface area contributed by atoms with Crippen molar-refractivity contribution < 1.29 is 13.0 Å². The van der Waals surface area contributed by atoms with Crippen LogP contribution in [0.3, 0.4) is 0 Å². The molecule has 0 saturated carbocycles. The van der Waals surface area contributed by atoms with E-state index in [1.807, 2.05) is 32.0 Å². The molecular weight excluding hydrogens is 382 g/mol. The number of aromatic amines is 1. The zero-order valence-electron chi connectivity index (χ0n) is 15.4. The molecule has 3 aromatic rings. The Morgan fingerprint density at radius 3 is 2.18 bits per heavy atom. The normalized spacial score (nSPS) is 11.3. The Balaban J connectivity index is 1.86. The number of nitrogens with one attached hydrogen (secondary N) is 3. The molecule has 0 unspecified atom stereocenters. The van der Waals surface area contributed by atoms with Gasteiger partial charge in [0, 0.05) is 11.4 Å². The molecule has 2 aromatic carbocycles. The van der Waals surface area contributed by atoms with Crippen LogP contribution in [0.1, 0.15) is 16.7 Å². The van der Waals surface area contributed by atoms with Gasteiger partial charge in [-0.05, 0) is 67.8 Å². The summed E-state index contributed by atoms with van der Waals surface area (Å²) in [7, 11) is -4.30. The van der Waals surface area contributed by atoms with Crippen LogP contribution in [0.4, 0.5) is 23.3 Å². The van der Waals surface area contributed by atoms with Crippen LogP contribution in [0.15, 0.2) is 46.1 Å². The molecular formula is C18H19N5O4S. The van der Waals surface area contributed by atoms with E-state index in [1.165, 1.54) is 18.2 Å². The van der Waals surface area contributed by atoms with Crippen molar-refractivity contribution in [2.75, 3.05) is 10.6 Å². The van der Waals surface area contributed by atoms with Crippen molar-refractivity contribution in [3.63, 3.8) is 0 Å². The first-order chi connectivity index (χ1) is 13.1. The topological polar surface area (TPSA) is 137 Å². The fourth-order valence-electron chi connectivity index (χ4n) is 2.60. The average Bonchev–Trinajstić information content (AvgIpc) is 2.56. The minimum absolute atomic E-state index is 0.112. The maximum Gasteiger partial charge on any atom is 0.351 e. The summed E-state index contributed by atoms with van der Waals surface area (Å²) in [4.78, 5) is 22.2. The summed E-state index contributed by atoms with van der Waals surface area (Å²) in [6, 6.07) is 9.96. The highest BCUT2D eigenvalue weighted by molar-refractivity contribution is 7.85. The van der Waals surface area contributed by atoms with E-state index in [4.69, 9.17) is 0 Å². The molecule has 1 heterocycles. The first-order valence-electron chi connectivity index (χ1n) is 8.29. The number of nitrogens with zero attached hydrogens (tertiary/aromatic N) is 2. The highest BCUT2D eigenvalue weighted by atomic mass is 32.2. The molecule has 0 spiro atoms. The van der Waals surface area contributed by atoms with Crippen LogP contribution in [-0.2, 0) is 10.1 Å². The summed E-state index contributed by atoms with van der Waals surface area (Å²) >= 11 is 0. The van der Waals surface area contributed by atoms with Gasteiger partial charge in [-0.2, -0.15) is 18.4 Å². The van der Waals surface area contributed by atoms with Gasteiger partial charge in [-0.1, -0.05) is 6.07 Å². The number of rotatable bonds is 5. The van der Waals surface area contributed by atoms with Gasteiger partial charge in [-0.15, -0.1) is 0 Å². The summed E-state index contributed by atoms with van der Waals surface area (Å²) in [5.74, 6) is 0.242. The van der Waals surface area contributed by atoms with E-state index in [9.17, 15) is 17.8 Å². The first kappa shape index (κ1) is 19.5. The van der Waals surface area contributed by atoms with E-state index < -0.39 is 15.8 Å². The molecule has 9 nitrogen and oxygen atoms in total. The molecule has 3 rings (SSSR count). The first-order valence-corrected chi connectivity index (χ1v) is 9.73. The minimum atomic E-state index is -4.30. The van der Waals surface area contributed by atoms with Crippen molar-refractivity contribution in [1.29, 1.82) is 0 Å². The summed E-state index contributed by atoms with van der Waals surface area (Å²) in [6.45, 7) is 5.52. The molecule has 0 atom stereocenters. The Kier molecular flexibility index (Phi) is 5.16. The van der Waals surface area contributed by atoms with Gasteiger partial charge in [0.15, 0.2) is 0 Å². The molecule has 0 aliphatic carbocycles. The van der Waals surface area contributed by atoms with E-state index in [1.54, 1.807) is 6.92 Å². The van der Waals surface area contributed by atoms with Crippen molar-refractivity contribution in [2.24, 2.45) is 0 Å². The van der Waals surface area contributed by atoms with Crippen molar-refractivity contribution >= 4 is 33.4 Å². The number of aryl methyl sites for hydroxylation is 3. The molecule has 0 fully saturated rings. The Morgan fingerprint density at radius 1 is 0.893 bits per heavy atom. The molecule has 4 N–H and O–H groups in total. The minimum Gasteiger partial charge on any atom is -0.326 e. The van der Waals surface area contributed by atoms with Crippen molar-refractivity contribution in [3.8, 4) is 0 Å². The number of hydrogen-bond acceptors (Lipinski definition) is 7. The summed E-state index contributed by atoms with van der Waals surface area (Å²) < 4.78 is 31.8. The number of aromatic nitrogens is 3. The van der Waals surface area contributed by atoms with Crippen LogP contribution in [0, 0.1) is 20.8 Å². The van der Waals surface area contributed by atoms with Gasteiger partial charge in [0.2, 0.25) is 11.9 Å². The lowest BCUT2D eigenvalue weighted by Gasteiger charge is -2.10. The zero-order valence-corrected chi connectivity index (χ0v) is 16.3. The van der Waals surface area contributed by atoms with Crippen LogP contribution in [0.25, 0.3) is 0 Å². The third-order valence-corrected chi connectivity index (χ3v) is 5.14. The third-order valence-electron chi connectivity index (χ3n) is 4.13. The molecule has 0 saturated heterocycles. The van der Waals surface area contributed by atoms with E-state index >= 15 is 0 Å². The smallest absolute Gasteiger partial charge is 0.326 e. The van der Waals surface area contributed by atoms with Gasteiger partial charge in [0.1, 0.15) is 0 Å². The highest BCUT2D eigenvalue weighted by Gasteiger charge is 2.13. The van der Waals surface area contributed by atoms with Gasteiger partial charge in [0.05, 0.1) is 4.90 Å². The predicted molar refractivity (Wildman–Crippen MR) is 106 cm³/mol. The Bertz CT molecular complexity index is 1200. The number of H-pyrrole nitrogens is 1. The van der Waals surface area contributed by atoms with Crippen LogP contribution in [0.5, 0.6) is 0 Å². The predicted octanol–water partition coefficient (Wildman–Crippen LogP) is 2.82. The second kappa shape index (κ2) is 7.41. The monoisotopic (exact) mass is 401 g/mol. The van der Waals surface area contributed by atoms with Gasteiger partial charge >= 0.3 is 5.69 Å². The summed E-state index contributed by atoms with van der Waals surface area (Å²) in [6.07, 6.45) is 0. The van der Waals surface area contributed by atoms with Crippen molar-refractivity contribution in [2.45, 2.75) is 25.7 Å². The van der Waals surface area contributed by atoms with Gasteiger partial charge in [0.25, 0.3) is 10.1 Å². The maximum absolute atomic E-state index is 11.9. The van der Waals surface area contributed by atoms with Crippen LogP contribution < -0.4 is 16.3 Å². The molecule has 1 aromatic heterocycles. The van der Waals surface area contributed by atoms with Crippen LogP contribution in [-0.4, -0.2) is 27.9 Å². The Hall–Kier alpha value is -3.24. The van der Waals surface area contributed by atoms with Gasteiger partial charge in [-0.3, -0.25) is 9.54 Å².